The van der Waals surface area contributed by atoms with Crippen LogP contribution in [0.2, 0.25) is 0 Å². The quantitative estimate of drug-likeness (QED) is 0.523. The van der Waals surface area contributed by atoms with Crippen molar-refractivity contribution in [2.75, 3.05) is 19.0 Å². The van der Waals surface area contributed by atoms with Gasteiger partial charge in [0.15, 0.2) is 11.5 Å². The lowest BCUT2D eigenvalue weighted by Crippen LogP contribution is -2.28. The van der Waals surface area contributed by atoms with Gasteiger partial charge in [-0.2, -0.15) is 0 Å². The van der Waals surface area contributed by atoms with Gasteiger partial charge in [0, 0.05) is 4.88 Å². The molecule has 0 fully saturated rings. The maximum Gasteiger partial charge on any atom is 0.277 e. The van der Waals surface area contributed by atoms with Gasteiger partial charge in [-0.25, -0.2) is 0 Å². The van der Waals surface area contributed by atoms with Crippen LogP contribution in [0.15, 0.2) is 33.9 Å². The smallest absolute Gasteiger partial charge is 0.277 e. The maximum atomic E-state index is 12.5. The first-order valence-corrected chi connectivity index (χ1v) is 12.6. The van der Waals surface area contributed by atoms with Crippen LogP contribution < -0.4 is 14.8 Å². The number of hydrogen-bond acceptors (Lipinski definition) is 8. The highest BCUT2D eigenvalue weighted by Crippen LogP contribution is 2.37. The van der Waals surface area contributed by atoms with Crippen molar-refractivity contribution in [3.8, 4) is 22.3 Å². The van der Waals surface area contributed by atoms with Gasteiger partial charge in [0.2, 0.25) is 5.91 Å². The van der Waals surface area contributed by atoms with Crippen LogP contribution in [-0.2, 0) is 17.6 Å². The number of ether oxygens (including phenoxy) is 2. The summed E-state index contributed by atoms with van der Waals surface area (Å²) in [5.41, 5.74) is 2.37. The molecule has 2 aromatic heterocycles. The van der Waals surface area contributed by atoms with Crippen LogP contribution in [0.1, 0.15) is 42.3 Å². The molecular weight excluding hydrogens is 446 g/mol. The summed E-state index contributed by atoms with van der Waals surface area (Å²) in [6, 6.07) is 7.76. The Labute approximate surface area is 194 Å². The molecule has 0 saturated heterocycles. The topological polar surface area (TPSA) is 86.5 Å². The molecule has 0 spiro atoms. The van der Waals surface area contributed by atoms with Crippen LogP contribution in [0.5, 0.6) is 11.5 Å². The van der Waals surface area contributed by atoms with Crippen LogP contribution in [0.3, 0.4) is 0 Å². The van der Waals surface area contributed by atoms with Gasteiger partial charge in [0.25, 0.3) is 11.1 Å². The fourth-order valence-electron chi connectivity index (χ4n) is 4.00. The van der Waals surface area contributed by atoms with E-state index in [4.69, 9.17) is 13.9 Å². The van der Waals surface area contributed by atoms with Gasteiger partial charge >= 0.3 is 0 Å². The van der Waals surface area contributed by atoms with Crippen molar-refractivity contribution < 1.29 is 18.7 Å². The molecule has 0 unspecified atom stereocenters. The Morgan fingerprint density at radius 1 is 1.25 bits per heavy atom. The molecule has 0 bridgehead atoms. The van der Waals surface area contributed by atoms with Crippen molar-refractivity contribution in [1.29, 1.82) is 0 Å². The standard InChI is InChI=1S/C23H25N3O4S2/c1-13-3-6-19-16(9-13)11-20(32-19)22-25-26-23(30-22)31-12-21(27)24-14(2)15-4-5-17-18(10-15)29-8-7-28-17/h4-5,10-11,13-14H,3,6-9,12H2,1-2H3,(H,24,27)/t13-,14+/m1/s1. The number of nitrogens with zero attached hydrogens (tertiary/aromatic N) is 2. The van der Waals surface area contributed by atoms with E-state index in [1.54, 1.807) is 11.3 Å². The van der Waals surface area contributed by atoms with Crippen LogP contribution in [0.25, 0.3) is 10.8 Å². The maximum absolute atomic E-state index is 12.5. The number of benzene rings is 1. The summed E-state index contributed by atoms with van der Waals surface area (Å²) >= 11 is 2.99. The second-order valence-corrected chi connectivity index (χ2v) is 10.3. The van der Waals surface area contributed by atoms with Crippen molar-refractivity contribution in [1.82, 2.24) is 15.5 Å². The van der Waals surface area contributed by atoms with Crippen LogP contribution in [0, 0.1) is 5.92 Å². The highest BCUT2D eigenvalue weighted by atomic mass is 32.2. The summed E-state index contributed by atoms with van der Waals surface area (Å²) in [6.07, 6.45) is 3.47. The summed E-state index contributed by atoms with van der Waals surface area (Å²) in [7, 11) is 0. The van der Waals surface area contributed by atoms with Crippen LogP contribution in [0.4, 0.5) is 0 Å². The van der Waals surface area contributed by atoms with E-state index in [0.717, 1.165) is 34.9 Å². The summed E-state index contributed by atoms with van der Waals surface area (Å²) < 4.78 is 17.0. The molecule has 168 valence electrons. The van der Waals surface area contributed by atoms with Crippen molar-refractivity contribution in [2.45, 2.75) is 44.4 Å². The third-order valence-electron chi connectivity index (χ3n) is 5.72. The summed E-state index contributed by atoms with van der Waals surface area (Å²) in [4.78, 5) is 14.9. The first-order valence-electron chi connectivity index (χ1n) is 10.8. The van der Waals surface area contributed by atoms with E-state index < -0.39 is 0 Å². The zero-order valence-electron chi connectivity index (χ0n) is 18.1. The number of aryl methyl sites for hydroxylation is 1. The Balaban J connectivity index is 1.16. The first-order chi connectivity index (χ1) is 15.5. The molecule has 1 aliphatic heterocycles. The molecule has 3 aromatic rings. The van der Waals surface area contributed by atoms with E-state index in [9.17, 15) is 4.79 Å². The normalized spacial score (nSPS) is 18.1. The molecule has 0 saturated carbocycles. The zero-order chi connectivity index (χ0) is 22.1. The van der Waals surface area contributed by atoms with Crippen molar-refractivity contribution in [3.05, 3.63) is 40.3 Å². The highest BCUT2D eigenvalue weighted by molar-refractivity contribution is 7.99. The van der Waals surface area contributed by atoms with Crippen molar-refractivity contribution in [3.63, 3.8) is 0 Å². The number of hydrogen-bond donors (Lipinski definition) is 1. The molecule has 1 aromatic carbocycles. The zero-order valence-corrected chi connectivity index (χ0v) is 19.7. The van der Waals surface area contributed by atoms with Gasteiger partial charge in [-0.1, -0.05) is 24.8 Å². The Bertz CT molecular complexity index is 1130. The lowest BCUT2D eigenvalue weighted by Gasteiger charge is -2.21. The molecule has 3 heterocycles. The van der Waals surface area contributed by atoms with E-state index in [1.807, 2.05) is 25.1 Å². The molecule has 2 atom stereocenters. The lowest BCUT2D eigenvalue weighted by atomic mass is 9.90. The average molecular weight is 472 g/mol. The second-order valence-electron chi connectivity index (χ2n) is 8.26. The molecule has 0 radical (unpaired) electrons. The number of carbonyl (C=O) groups excluding carboxylic acids is 1. The van der Waals surface area contributed by atoms with Crippen molar-refractivity contribution in [2.24, 2.45) is 5.92 Å². The first kappa shape index (κ1) is 21.3. The van der Waals surface area contributed by atoms with E-state index in [2.05, 4.69) is 28.5 Å². The minimum Gasteiger partial charge on any atom is -0.486 e. The molecule has 9 heteroatoms. The molecule has 2 aliphatic rings. The number of amides is 1. The number of fused-ring (bicyclic) bond motifs is 2. The molecule has 1 amide bonds. The molecule has 7 nitrogen and oxygen atoms in total. The van der Waals surface area contributed by atoms with Crippen LogP contribution >= 0.6 is 23.1 Å². The third kappa shape index (κ3) is 4.63. The Morgan fingerprint density at radius 3 is 2.97 bits per heavy atom. The monoisotopic (exact) mass is 471 g/mol. The highest BCUT2D eigenvalue weighted by Gasteiger charge is 2.21. The molecular formula is C23H25N3O4S2. The number of carbonyl (C=O) groups is 1. The number of rotatable bonds is 6. The largest absolute Gasteiger partial charge is 0.486 e. The third-order valence-corrected chi connectivity index (χ3v) is 7.76. The fourth-order valence-corrected chi connectivity index (χ4v) is 5.71. The Morgan fingerprint density at radius 2 is 2.09 bits per heavy atom. The van der Waals surface area contributed by atoms with Crippen molar-refractivity contribution >= 4 is 29.0 Å². The van der Waals surface area contributed by atoms with E-state index in [0.29, 0.717) is 30.1 Å². The van der Waals surface area contributed by atoms with E-state index in [1.165, 1.54) is 28.6 Å². The fraction of sp³-hybridized carbons (Fsp3) is 0.435. The van der Waals surface area contributed by atoms with Crippen LogP contribution in [-0.4, -0.2) is 35.1 Å². The van der Waals surface area contributed by atoms with E-state index >= 15 is 0 Å². The number of nitrogens with one attached hydrogen (secondary N) is 1. The summed E-state index contributed by atoms with van der Waals surface area (Å²) in [6.45, 7) is 5.33. The minimum absolute atomic E-state index is 0.0993. The Hall–Kier alpha value is -2.52. The van der Waals surface area contributed by atoms with Gasteiger partial charge in [0.1, 0.15) is 13.2 Å². The SMILES string of the molecule is C[C@@H]1CCc2sc(-c3nnc(SCC(=O)N[C@@H](C)c4ccc5c(c4)OCCO5)o3)cc2C1. The number of aromatic nitrogens is 2. The predicted molar refractivity (Wildman–Crippen MR) is 124 cm³/mol. The van der Waals surface area contributed by atoms with Gasteiger partial charge in [-0.3, -0.25) is 4.79 Å². The molecule has 1 aliphatic carbocycles. The molecule has 32 heavy (non-hydrogen) atoms. The predicted octanol–water partition coefficient (Wildman–Crippen LogP) is 4.66. The number of thioether (sulfide) groups is 1. The summed E-state index contributed by atoms with van der Waals surface area (Å²) in [5.74, 6) is 2.81. The lowest BCUT2D eigenvalue weighted by molar-refractivity contribution is -0.119. The van der Waals surface area contributed by atoms with Gasteiger partial charge < -0.3 is 19.2 Å². The number of thiophene rings is 1. The van der Waals surface area contributed by atoms with E-state index in [-0.39, 0.29) is 17.7 Å². The minimum atomic E-state index is -0.156. The van der Waals surface area contributed by atoms with Gasteiger partial charge in [-0.15, -0.1) is 21.5 Å². The second kappa shape index (κ2) is 9.15. The average Bonchev–Trinajstić information content (AvgIpc) is 3.44. The summed E-state index contributed by atoms with van der Waals surface area (Å²) in [5, 5.41) is 11.7. The molecule has 1 N–H and O–H groups in total. The van der Waals surface area contributed by atoms with Gasteiger partial charge in [0.05, 0.1) is 16.7 Å². The Kier molecular flexibility index (Phi) is 6.10. The van der Waals surface area contributed by atoms with Gasteiger partial charge in [-0.05, 0) is 61.4 Å². The molecule has 5 rings (SSSR count).